The van der Waals surface area contributed by atoms with E-state index in [9.17, 15) is 4.79 Å². The van der Waals surface area contributed by atoms with E-state index in [1.165, 1.54) is 4.88 Å². The normalized spacial score (nSPS) is 10.1. The minimum absolute atomic E-state index is 0.0239. The van der Waals surface area contributed by atoms with Gasteiger partial charge in [-0.3, -0.25) is 9.78 Å². The Bertz CT molecular complexity index is 453. The van der Waals surface area contributed by atoms with E-state index in [0.29, 0.717) is 12.1 Å². The van der Waals surface area contributed by atoms with E-state index < -0.39 is 0 Å². The lowest BCUT2D eigenvalue weighted by Gasteiger charge is -2.15. The van der Waals surface area contributed by atoms with Crippen LogP contribution in [0.25, 0.3) is 0 Å². The Morgan fingerprint density at radius 3 is 2.75 bits per heavy atom. The fourth-order valence-electron chi connectivity index (χ4n) is 1.42. The van der Waals surface area contributed by atoms with Crippen LogP contribution < -0.4 is 0 Å². The van der Waals surface area contributed by atoms with Crippen LogP contribution in [0.5, 0.6) is 0 Å². The molecule has 2 heterocycles. The third-order valence-corrected chi connectivity index (χ3v) is 3.11. The lowest BCUT2D eigenvalue weighted by atomic mass is 10.2. The zero-order valence-corrected chi connectivity index (χ0v) is 9.78. The smallest absolute Gasteiger partial charge is 0.254 e. The predicted molar refractivity (Wildman–Crippen MR) is 64.4 cm³/mol. The fourth-order valence-corrected chi connectivity index (χ4v) is 2.18. The van der Waals surface area contributed by atoms with Gasteiger partial charge in [-0.25, -0.2) is 0 Å². The van der Waals surface area contributed by atoms with E-state index in [-0.39, 0.29) is 5.91 Å². The first-order valence-corrected chi connectivity index (χ1v) is 5.83. The van der Waals surface area contributed by atoms with Crippen molar-refractivity contribution in [3.05, 3.63) is 52.5 Å². The highest BCUT2D eigenvalue weighted by molar-refractivity contribution is 7.09. The molecule has 0 aliphatic rings. The summed E-state index contributed by atoms with van der Waals surface area (Å²) in [5.74, 6) is 0.0239. The summed E-state index contributed by atoms with van der Waals surface area (Å²) in [5.41, 5.74) is 0.675. The van der Waals surface area contributed by atoms with Gasteiger partial charge in [0.1, 0.15) is 0 Å². The summed E-state index contributed by atoms with van der Waals surface area (Å²) in [7, 11) is 1.81. The number of hydrogen-bond donors (Lipinski definition) is 0. The maximum Gasteiger partial charge on any atom is 0.254 e. The molecular formula is C12H12N2OS. The molecule has 16 heavy (non-hydrogen) atoms. The zero-order valence-electron chi connectivity index (χ0n) is 8.96. The van der Waals surface area contributed by atoms with E-state index in [1.807, 2.05) is 24.6 Å². The summed E-state index contributed by atoms with van der Waals surface area (Å²) in [6.07, 6.45) is 3.26. The second kappa shape index (κ2) is 4.90. The molecule has 0 radical (unpaired) electrons. The molecule has 2 rings (SSSR count). The van der Waals surface area contributed by atoms with Crippen molar-refractivity contribution >= 4 is 17.2 Å². The summed E-state index contributed by atoms with van der Waals surface area (Å²) < 4.78 is 0. The van der Waals surface area contributed by atoms with Gasteiger partial charge in [-0.05, 0) is 23.6 Å². The minimum atomic E-state index is 0.0239. The van der Waals surface area contributed by atoms with Crippen molar-refractivity contribution in [2.75, 3.05) is 7.05 Å². The summed E-state index contributed by atoms with van der Waals surface area (Å²) in [6.45, 7) is 0.652. The molecular weight excluding hydrogens is 220 g/mol. The Morgan fingerprint density at radius 1 is 1.38 bits per heavy atom. The van der Waals surface area contributed by atoms with Crippen molar-refractivity contribution in [2.45, 2.75) is 6.54 Å². The number of aromatic nitrogens is 1. The third-order valence-electron chi connectivity index (χ3n) is 2.25. The van der Waals surface area contributed by atoms with Crippen LogP contribution in [0.1, 0.15) is 15.2 Å². The molecule has 0 aliphatic heterocycles. The van der Waals surface area contributed by atoms with Crippen LogP contribution in [0.15, 0.2) is 42.0 Å². The highest BCUT2D eigenvalue weighted by atomic mass is 32.1. The van der Waals surface area contributed by atoms with Crippen molar-refractivity contribution in [3.8, 4) is 0 Å². The number of hydrogen-bond acceptors (Lipinski definition) is 3. The molecule has 4 heteroatoms. The average Bonchev–Trinajstić information content (AvgIpc) is 2.82. The molecule has 0 atom stereocenters. The lowest BCUT2D eigenvalue weighted by molar-refractivity contribution is 0.0786. The van der Waals surface area contributed by atoms with E-state index in [4.69, 9.17) is 0 Å². The van der Waals surface area contributed by atoms with E-state index in [0.717, 1.165) is 0 Å². The minimum Gasteiger partial charge on any atom is -0.337 e. The maximum atomic E-state index is 12.0. The van der Waals surface area contributed by atoms with Crippen LogP contribution in [0.2, 0.25) is 0 Å². The molecule has 0 unspecified atom stereocenters. The molecule has 0 aliphatic carbocycles. The Hall–Kier alpha value is -1.68. The Balaban J connectivity index is 2.05. The number of rotatable bonds is 3. The molecule has 3 nitrogen and oxygen atoms in total. The van der Waals surface area contributed by atoms with E-state index >= 15 is 0 Å². The van der Waals surface area contributed by atoms with Gasteiger partial charge < -0.3 is 4.90 Å². The molecule has 0 fully saturated rings. The molecule has 0 bridgehead atoms. The second-order valence-corrected chi connectivity index (χ2v) is 4.51. The quantitative estimate of drug-likeness (QED) is 0.814. The van der Waals surface area contributed by atoms with Gasteiger partial charge in [-0.2, -0.15) is 0 Å². The third kappa shape index (κ3) is 2.46. The Labute approximate surface area is 98.4 Å². The standard InChI is InChI=1S/C12H12N2OS/c1-14(9-11-3-2-8-16-11)12(15)10-4-6-13-7-5-10/h2-8H,9H2,1H3. The molecule has 0 N–H and O–H groups in total. The maximum absolute atomic E-state index is 12.0. The largest absolute Gasteiger partial charge is 0.337 e. The molecule has 82 valence electrons. The first-order chi connectivity index (χ1) is 7.77. The zero-order chi connectivity index (χ0) is 11.4. The predicted octanol–water partition coefficient (Wildman–Crippen LogP) is 2.42. The molecule has 2 aromatic heterocycles. The van der Waals surface area contributed by atoms with Crippen molar-refractivity contribution < 1.29 is 4.79 Å². The number of nitrogens with zero attached hydrogens (tertiary/aromatic N) is 2. The monoisotopic (exact) mass is 232 g/mol. The van der Waals surface area contributed by atoms with Crippen molar-refractivity contribution in [3.63, 3.8) is 0 Å². The van der Waals surface area contributed by atoms with Gasteiger partial charge in [-0.1, -0.05) is 6.07 Å². The summed E-state index contributed by atoms with van der Waals surface area (Å²) in [6, 6.07) is 7.48. The van der Waals surface area contributed by atoms with Crippen LogP contribution >= 0.6 is 11.3 Å². The highest BCUT2D eigenvalue weighted by Crippen LogP contribution is 2.12. The lowest BCUT2D eigenvalue weighted by Crippen LogP contribution is -2.25. The molecule has 0 spiro atoms. The molecule has 1 amide bonds. The number of thiophene rings is 1. The van der Waals surface area contributed by atoms with Gasteiger partial charge in [0.25, 0.3) is 5.91 Å². The first kappa shape index (κ1) is 10.8. The van der Waals surface area contributed by atoms with E-state index in [2.05, 4.69) is 4.98 Å². The average molecular weight is 232 g/mol. The van der Waals surface area contributed by atoms with Crippen LogP contribution in [-0.2, 0) is 6.54 Å². The number of carbonyl (C=O) groups excluding carboxylic acids is 1. The van der Waals surface area contributed by atoms with Gasteiger partial charge in [0.15, 0.2) is 0 Å². The topological polar surface area (TPSA) is 33.2 Å². The van der Waals surface area contributed by atoms with Gasteiger partial charge in [-0.15, -0.1) is 11.3 Å². The van der Waals surface area contributed by atoms with Crippen molar-refractivity contribution in [1.82, 2.24) is 9.88 Å². The SMILES string of the molecule is CN(Cc1cccs1)C(=O)c1ccncc1. The van der Waals surface area contributed by atoms with Crippen molar-refractivity contribution in [2.24, 2.45) is 0 Å². The van der Waals surface area contributed by atoms with Gasteiger partial charge in [0.2, 0.25) is 0 Å². The van der Waals surface area contributed by atoms with E-state index in [1.54, 1.807) is 40.8 Å². The Morgan fingerprint density at radius 2 is 2.12 bits per heavy atom. The van der Waals surface area contributed by atoms with Crippen LogP contribution in [0, 0.1) is 0 Å². The van der Waals surface area contributed by atoms with Crippen LogP contribution in [0.4, 0.5) is 0 Å². The van der Waals surface area contributed by atoms with Crippen LogP contribution in [0.3, 0.4) is 0 Å². The summed E-state index contributed by atoms with van der Waals surface area (Å²) >= 11 is 1.66. The first-order valence-electron chi connectivity index (χ1n) is 4.95. The molecule has 2 aromatic rings. The van der Waals surface area contributed by atoms with Gasteiger partial charge in [0.05, 0.1) is 6.54 Å². The Kier molecular flexibility index (Phi) is 3.31. The fraction of sp³-hybridized carbons (Fsp3) is 0.167. The van der Waals surface area contributed by atoms with Crippen LogP contribution in [-0.4, -0.2) is 22.8 Å². The van der Waals surface area contributed by atoms with Gasteiger partial charge in [0, 0.05) is 29.9 Å². The summed E-state index contributed by atoms with van der Waals surface area (Å²) in [4.78, 5) is 18.8. The van der Waals surface area contributed by atoms with Gasteiger partial charge >= 0.3 is 0 Å². The summed E-state index contributed by atoms with van der Waals surface area (Å²) in [5, 5.41) is 2.01. The molecule has 0 saturated carbocycles. The number of carbonyl (C=O) groups is 1. The van der Waals surface area contributed by atoms with Crippen molar-refractivity contribution in [1.29, 1.82) is 0 Å². The molecule has 0 aromatic carbocycles. The number of pyridine rings is 1. The number of amides is 1. The second-order valence-electron chi connectivity index (χ2n) is 3.48. The highest BCUT2D eigenvalue weighted by Gasteiger charge is 2.11. The molecule has 0 saturated heterocycles.